The molecule has 5 nitrogen and oxygen atoms in total. The fourth-order valence-corrected chi connectivity index (χ4v) is 1.52. The fraction of sp³-hybridized carbons (Fsp3) is 0.385. The summed E-state index contributed by atoms with van der Waals surface area (Å²) >= 11 is 0. The van der Waals surface area contributed by atoms with Gasteiger partial charge in [-0.2, -0.15) is 0 Å². The molecule has 1 aromatic rings. The molecule has 1 N–H and O–H groups in total. The standard InChI is InChI=1S/C13H16O5/c1-3-18-9-4-6-12(17-2)10(8-9)11(14)5-7-13(15)16/h4,6,8H,3,5,7H2,1-2H3,(H,15,16). The van der Waals surface area contributed by atoms with Crippen LogP contribution in [0.2, 0.25) is 0 Å². The van der Waals surface area contributed by atoms with Crippen molar-refractivity contribution in [2.75, 3.05) is 13.7 Å². The molecule has 0 radical (unpaired) electrons. The third kappa shape index (κ3) is 3.76. The van der Waals surface area contributed by atoms with Crippen molar-refractivity contribution in [3.8, 4) is 11.5 Å². The van der Waals surface area contributed by atoms with Gasteiger partial charge in [-0.05, 0) is 25.1 Å². The first-order valence-electron chi connectivity index (χ1n) is 5.64. The van der Waals surface area contributed by atoms with E-state index in [4.69, 9.17) is 14.6 Å². The predicted molar refractivity (Wildman–Crippen MR) is 65.4 cm³/mol. The molecular formula is C13H16O5. The van der Waals surface area contributed by atoms with E-state index in [2.05, 4.69) is 0 Å². The number of aliphatic carboxylic acids is 1. The second-order valence-corrected chi connectivity index (χ2v) is 3.61. The number of hydrogen-bond donors (Lipinski definition) is 1. The van der Waals surface area contributed by atoms with Gasteiger partial charge in [-0.15, -0.1) is 0 Å². The van der Waals surface area contributed by atoms with Gasteiger partial charge in [-0.1, -0.05) is 0 Å². The molecule has 18 heavy (non-hydrogen) atoms. The van der Waals surface area contributed by atoms with E-state index in [1.807, 2.05) is 6.92 Å². The maximum absolute atomic E-state index is 11.9. The Morgan fingerprint density at radius 1 is 1.28 bits per heavy atom. The Morgan fingerprint density at radius 3 is 2.56 bits per heavy atom. The first kappa shape index (κ1) is 14.0. The Hall–Kier alpha value is -2.04. The Kier molecular flexibility index (Phi) is 5.17. The molecule has 0 heterocycles. The smallest absolute Gasteiger partial charge is 0.303 e. The normalized spacial score (nSPS) is 9.89. The summed E-state index contributed by atoms with van der Waals surface area (Å²) in [6.07, 6.45) is -0.248. The van der Waals surface area contributed by atoms with Gasteiger partial charge in [0.25, 0.3) is 0 Å². The summed E-state index contributed by atoms with van der Waals surface area (Å²) in [5.74, 6) is -0.273. The largest absolute Gasteiger partial charge is 0.496 e. The van der Waals surface area contributed by atoms with Crippen LogP contribution in [-0.2, 0) is 4.79 Å². The highest BCUT2D eigenvalue weighted by Gasteiger charge is 2.14. The number of carboxylic acids is 1. The highest BCUT2D eigenvalue weighted by molar-refractivity contribution is 6.00. The number of Topliss-reactive ketones (excluding diaryl/α,β-unsaturated/α-hetero) is 1. The third-order valence-electron chi connectivity index (χ3n) is 2.35. The molecule has 0 unspecified atom stereocenters. The van der Waals surface area contributed by atoms with Gasteiger partial charge in [0.15, 0.2) is 5.78 Å². The minimum absolute atomic E-state index is 0.0543. The van der Waals surface area contributed by atoms with Gasteiger partial charge in [0, 0.05) is 6.42 Å². The summed E-state index contributed by atoms with van der Waals surface area (Å²) in [4.78, 5) is 22.3. The molecule has 0 bridgehead atoms. The lowest BCUT2D eigenvalue weighted by Crippen LogP contribution is -2.06. The van der Waals surface area contributed by atoms with E-state index in [1.165, 1.54) is 7.11 Å². The number of benzene rings is 1. The molecule has 0 amide bonds. The van der Waals surface area contributed by atoms with Gasteiger partial charge in [0.2, 0.25) is 0 Å². The van der Waals surface area contributed by atoms with Gasteiger partial charge in [0.05, 0.1) is 25.7 Å². The van der Waals surface area contributed by atoms with Crippen molar-refractivity contribution in [1.82, 2.24) is 0 Å². The van der Waals surface area contributed by atoms with Crippen molar-refractivity contribution in [2.24, 2.45) is 0 Å². The first-order chi connectivity index (χ1) is 8.58. The van der Waals surface area contributed by atoms with E-state index in [0.29, 0.717) is 23.7 Å². The van der Waals surface area contributed by atoms with E-state index in [0.717, 1.165) is 0 Å². The van der Waals surface area contributed by atoms with Gasteiger partial charge in [0.1, 0.15) is 11.5 Å². The zero-order valence-corrected chi connectivity index (χ0v) is 10.4. The van der Waals surface area contributed by atoms with Crippen molar-refractivity contribution in [3.63, 3.8) is 0 Å². The Bertz CT molecular complexity index is 439. The summed E-state index contributed by atoms with van der Waals surface area (Å²) in [6, 6.07) is 4.92. The lowest BCUT2D eigenvalue weighted by Gasteiger charge is -2.10. The molecule has 5 heteroatoms. The number of rotatable bonds is 7. The van der Waals surface area contributed by atoms with Crippen molar-refractivity contribution in [1.29, 1.82) is 0 Å². The van der Waals surface area contributed by atoms with Crippen LogP contribution in [0.15, 0.2) is 18.2 Å². The summed E-state index contributed by atoms with van der Waals surface area (Å²) in [7, 11) is 1.46. The highest BCUT2D eigenvalue weighted by Crippen LogP contribution is 2.25. The van der Waals surface area contributed by atoms with Crippen LogP contribution in [0.3, 0.4) is 0 Å². The zero-order chi connectivity index (χ0) is 13.5. The molecule has 0 fully saturated rings. The number of carbonyl (C=O) groups is 2. The molecule has 1 rings (SSSR count). The first-order valence-corrected chi connectivity index (χ1v) is 5.64. The number of ketones is 1. The molecule has 0 saturated heterocycles. The van der Waals surface area contributed by atoms with Crippen LogP contribution in [0.1, 0.15) is 30.1 Å². The van der Waals surface area contributed by atoms with E-state index in [9.17, 15) is 9.59 Å². The zero-order valence-electron chi connectivity index (χ0n) is 10.4. The van der Waals surface area contributed by atoms with Crippen LogP contribution in [-0.4, -0.2) is 30.6 Å². The molecule has 0 aliphatic rings. The van der Waals surface area contributed by atoms with Gasteiger partial charge < -0.3 is 14.6 Å². The SMILES string of the molecule is CCOc1ccc(OC)c(C(=O)CCC(=O)O)c1. The highest BCUT2D eigenvalue weighted by atomic mass is 16.5. The van der Waals surface area contributed by atoms with Gasteiger partial charge >= 0.3 is 5.97 Å². The van der Waals surface area contributed by atoms with E-state index in [-0.39, 0.29) is 18.6 Å². The number of hydrogen-bond acceptors (Lipinski definition) is 4. The molecule has 0 aliphatic heterocycles. The van der Waals surface area contributed by atoms with Crippen molar-refractivity contribution < 1.29 is 24.2 Å². The molecule has 0 atom stereocenters. The third-order valence-corrected chi connectivity index (χ3v) is 2.35. The topological polar surface area (TPSA) is 72.8 Å². The minimum Gasteiger partial charge on any atom is -0.496 e. The van der Waals surface area contributed by atoms with Crippen LogP contribution in [0.5, 0.6) is 11.5 Å². The van der Waals surface area contributed by atoms with Crippen molar-refractivity contribution in [3.05, 3.63) is 23.8 Å². The maximum Gasteiger partial charge on any atom is 0.303 e. The minimum atomic E-state index is -0.997. The molecular weight excluding hydrogens is 236 g/mol. The average molecular weight is 252 g/mol. The second kappa shape index (κ2) is 6.64. The molecule has 1 aromatic carbocycles. The van der Waals surface area contributed by atoms with E-state index >= 15 is 0 Å². The molecule has 0 aliphatic carbocycles. The monoisotopic (exact) mass is 252 g/mol. The number of carbonyl (C=O) groups excluding carboxylic acids is 1. The Labute approximate surface area is 105 Å². The van der Waals surface area contributed by atoms with Crippen LogP contribution in [0.4, 0.5) is 0 Å². The van der Waals surface area contributed by atoms with Crippen molar-refractivity contribution >= 4 is 11.8 Å². The average Bonchev–Trinajstić information content (AvgIpc) is 2.36. The number of ether oxygens (including phenoxy) is 2. The molecule has 0 aromatic heterocycles. The number of carboxylic acid groups (broad SMARTS) is 1. The quantitative estimate of drug-likeness (QED) is 0.753. The molecule has 98 valence electrons. The van der Waals surface area contributed by atoms with Crippen molar-refractivity contribution in [2.45, 2.75) is 19.8 Å². The Balaban J connectivity index is 2.92. The number of methoxy groups -OCH3 is 1. The van der Waals surface area contributed by atoms with E-state index in [1.54, 1.807) is 18.2 Å². The van der Waals surface area contributed by atoms with Gasteiger partial charge in [-0.3, -0.25) is 9.59 Å². The lowest BCUT2D eigenvalue weighted by atomic mass is 10.1. The van der Waals surface area contributed by atoms with E-state index < -0.39 is 5.97 Å². The van der Waals surface area contributed by atoms with Crippen LogP contribution in [0, 0.1) is 0 Å². The summed E-state index contributed by atoms with van der Waals surface area (Å²) in [5.41, 5.74) is 0.352. The molecule has 0 saturated carbocycles. The van der Waals surface area contributed by atoms with Gasteiger partial charge in [-0.25, -0.2) is 0 Å². The molecule has 0 spiro atoms. The maximum atomic E-state index is 11.9. The van der Waals surface area contributed by atoms with Crippen LogP contribution < -0.4 is 9.47 Å². The fourth-order valence-electron chi connectivity index (χ4n) is 1.52. The van der Waals surface area contributed by atoms with Crippen LogP contribution >= 0.6 is 0 Å². The Morgan fingerprint density at radius 2 is 2.00 bits per heavy atom. The summed E-state index contributed by atoms with van der Waals surface area (Å²) in [6.45, 7) is 2.34. The predicted octanol–water partition coefficient (Wildman–Crippen LogP) is 2.14. The lowest BCUT2D eigenvalue weighted by molar-refractivity contribution is -0.136. The summed E-state index contributed by atoms with van der Waals surface area (Å²) < 4.78 is 10.4. The van der Waals surface area contributed by atoms with Crippen LogP contribution in [0.25, 0.3) is 0 Å². The summed E-state index contributed by atoms with van der Waals surface area (Å²) in [5, 5.41) is 8.57. The second-order valence-electron chi connectivity index (χ2n) is 3.61.